The van der Waals surface area contributed by atoms with Gasteiger partial charge in [-0.1, -0.05) is 153 Å². The number of rotatable bonds is 3. The van der Waals surface area contributed by atoms with Crippen LogP contribution in [0.4, 0.5) is 0 Å². The average molecular weight is 801 g/mol. The molecular formula is C48H62Cl2Zr-2. The van der Waals surface area contributed by atoms with Crippen LogP contribution in [0.1, 0.15) is 124 Å². The third-order valence-electron chi connectivity index (χ3n) is 14.1. The van der Waals surface area contributed by atoms with Gasteiger partial charge in [0.1, 0.15) is 0 Å². The molecule has 0 amide bonds. The number of fused-ring (bicyclic) bond motifs is 6. The third kappa shape index (κ3) is 7.49. The zero-order chi connectivity index (χ0) is 36.0. The topological polar surface area (TPSA) is 0 Å². The summed E-state index contributed by atoms with van der Waals surface area (Å²) in [6.07, 6.45) is 10.8. The molecule has 2 unspecified atom stereocenters. The summed E-state index contributed by atoms with van der Waals surface area (Å²) in [5.74, 6) is 2.24. The van der Waals surface area contributed by atoms with Crippen molar-refractivity contribution >= 4 is 9.28 Å². The Morgan fingerprint density at radius 1 is 0.902 bits per heavy atom. The summed E-state index contributed by atoms with van der Waals surface area (Å²) in [5.41, 5.74) is 14.9. The molecule has 1 saturated carbocycles. The van der Waals surface area contributed by atoms with Crippen LogP contribution in [0.3, 0.4) is 0 Å². The van der Waals surface area contributed by atoms with Crippen molar-refractivity contribution in [2.24, 2.45) is 27.6 Å². The molecular weight excluding hydrogens is 739 g/mol. The maximum atomic E-state index is 2.62. The van der Waals surface area contributed by atoms with Crippen LogP contribution in [0.25, 0.3) is 5.57 Å². The molecule has 3 aromatic rings. The molecule has 2 atom stereocenters. The molecule has 3 heteroatoms. The molecule has 0 nitrogen and oxygen atoms in total. The van der Waals surface area contributed by atoms with Gasteiger partial charge in [0.25, 0.3) is 0 Å². The van der Waals surface area contributed by atoms with E-state index in [1.165, 1.54) is 64.9 Å². The summed E-state index contributed by atoms with van der Waals surface area (Å²) in [7, 11) is 0. The van der Waals surface area contributed by atoms with Crippen LogP contribution in [-0.2, 0) is 48.9 Å². The van der Waals surface area contributed by atoms with Crippen LogP contribution in [0.5, 0.6) is 0 Å². The molecule has 7 rings (SSSR count). The minimum atomic E-state index is 0. The van der Waals surface area contributed by atoms with Crippen LogP contribution in [-0.4, -0.2) is 3.71 Å². The summed E-state index contributed by atoms with van der Waals surface area (Å²) < 4.78 is 2.25. The first kappa shape index (κ1) is 43.6. The molecule has 0 heterocycles. The number of aryl methyl sites for hydroxylation is 1. The predicted octanol–water partition coefficient (Wildman–Crippen LogP) is 6.82. The van der Waals surface area contributed by atoms with Gasteiger partial charge in [-0.15, -0.1) is 6.92 Å². The van der Waals surface area contributed by atoms with Gasteiger partial charge in [-0.25, -0.2) is 12.0 Å². The van der Waals surface area contributed by atoms with E-state index in [4.69, 9.17) is 0 Å². The van der Waals surface area contributed by atoms with Gasteiger partial charge in [0.05, 0.1) is 0 Å². The van der Waals surface area contributed by atoms with Crippen molar-refractivity contribution in [2.75, 3.05) is 0 Å². The fourth-order valence-corrected chi connectivity index (χ4v) is 10.1. The second-order valence-corrected chi connectivity index (χ2v) is 18.8. The van der Waals surface area contributed by atoms with Gasteiger partial charge in [-0.2, -0.15) is 34.4 Å². The molecule has 0 saturated heterocycles. The summed E-state index contributed by atoms with van der Waals surface area (Å²) in [6.45, 7) is 29.2. The molecule has 274 valence electrons. The number of benzene rings is 2. The fraction of sp³-hybridized carbons (Fsp3) is 0.479. The van der Waals surface area contributed by atoms with Crippen molar-refractivity contribution in [3.63, 3.8) is 0 Å². The molecule has 1 fully saturated rings. The molecule has 4 aliphatic carbocycles. The standard InChI is InChI=1S/C29H37.C11H17.C8H8.2ClH.Zr/c1-18-25-22-17-19-13-9-10-14-20(19)24(22)21-15-11-12-16-23(21)29(25,8)28(6,7)27(4,5)26(18,2)3;1-5-9-6-7-10(8-9)11(2,3)4;1-2-8-6-4-3-5-7-8;;;/h9-11,13-15,23H,12,16-17H2,1-8H3;6-8H,5H2,1-4H3;1,3-7H,2H2;2*1H;/q2*-1;;;;+2/p-2. The molecule has 51 heavy (non-hydrogen) atoms. The summed E-state index contributed by atoms with van der Waals surface area (Å²) in [5, 5.41) is 0. The Morgan fingerprint density at radius 2 is 1.53 bits per heavy atom. The molecule has 0 bridgehead atoms. The van der Waals surface area contributed by atoms with Crippen molar-refractivity contribution in [2.45, 2.75) is 121 Å². The van der Waals surface area contributed by atoms with Gasteiger partial charge < -0.3 is 24.8 Å². The SMILES string of the molecule is CCc1cc(C(C)(C)C)c[cH-]1.C[C-]1C2=C3Cc4ccccc4C3=C3C=CCCC3C2(C)C(C)(C)C(C)(C)C1(C)C.[Cl-].[Cl-].[Zr+2]=[CH]Cc1ccccc1. The Hall–Kier alpha value is -1.79. The zero-order valence-corrected chi connectivity index (χ0v) is 37.5. The normalized spacial score (nSPS) is 23.1. The summed E-state index contributed by atoms with van der Waals surface area (Å²) in [6, 6.07) is 26.4. The first-order valence-electron chi connectivity index (χ1n) is 18.8. The number of hydrogen-bond donors (Lipinski definition) is 0. The van der Waals surface area contributed by atoms with Gasteiger partial charge in [0, 0.05) is 0 Å². The van der Waals surface area contributed by atoms with Crippen molar-refractivity contribution in [1.29, 1.82) is 0 Å². The van der Waals surface area contributed by atoms with Gasteiger partial charge in [-0.3, -0.25) is 0 Å². The summed E-state index contributed by atoms with van der Waals surface area (Å²) in [4.78, 5) is 0. The van der Waals surface area contributed by atoms with E-state index in [1.54, 1.807) is 28.2 Å². The Kier molecular flexibility index (Phi) is 13.9. The second-order valence-electron chi connectivity index (χ2n) is 17.8. The van der Waals surface area contributed by atoms with E-state index in [-0.39, 0.29) is 46.5 Å². The van der Waals surface area contributed by atoms with E-state index >= 15 is 0 Å². The number of allylic oxidation sites excluding steroid dienone is 6. The van der Waals surface area contributed by atoms with Gasteiger partial charge in [-0.05, 0) is 40.6 Å². The quantitative estimate of drug-likeness (QED) is 0.256. The first-order valence-corrected chi connectivity index (χ1v) is 20.2. The maximum absolute atomic E-state index is 2.62. The van der Waals surface area contributed by atoms with E-state index in [0.29, 0.717) is 11.3 Å². The van der Waals surface area contributed by atoms with Crippen molar-refractivity contribution in [1.82, 2.24) is 0 Å². The minimum absolute atomic E-state index is 0. The third-order valence-corrected chi connectivity index (χ3v) is 14.6. The van der Waals surface area contributed by atoms with Gasteiger partial charge in [0.15, 0.2) is 0 Å². The van der Waals surface area contributed by atoms with Crippen LogP contribution in [0.2, 0.25) is 0 Å². The van der Waals surface area contributed by atoms with Gasteiger partial charge in [0.2, 0.25) is 0 Å². The summed E-state index contributed by atoms with van der Waals surface area (Å²) >= 11 is 1.51. The first-order chi connectivity index (χ1) is 22.9. The molecule has 0 N–H and O–H groups in total. The molecule has 0 spiro atoms. The van der Waals surface area contributed by atoms with Crippen LogP contribution in [0, 0.1) is 33.5 Å². The molecule has 4 aliphatic rings. The Morgan fingerprint density at radius 3 is 2.10 bits per heavy atom. The van der Waals surface area contributed by atoms with E-state index in [2.05, 4.69) is 166 Å². The van der Waals surface area contributed by atoms with E-state index in [9.17, 15) is 0 Å². The second kappa shape index (κ2) is 16.3. The van der Waals surface area contributed by atoms with Crippen molar-refractivity contribution in [3.8, 4) is 0 Å². The Balaban J connectivity index is 0.000000264. The monoisotopic (exact) mass is 798 g/mol. The Labute approximate surface area is 339 Å². The number of halogens is 2. The van der Waals surface area contributed by atoms with Crippen molar-refractivity contribution in [3.05, 3.63) is 135 Å². The average Bonchev–Trinajstić information content (AvgIpc) is 3.71. The van der Waals surface area contributed by atoms with E-state index in [1.807, 2.05) is 6.07 Å². The van der Waals surface area contributed by atoms with Gasteiger partial charge >= 0.3 is 70.3 Å². The van der Waals surface area contributed by atoms with Crippen LogP contribution >= 0.6 is 0 Å². The van der Waals surface area contributed by atoms with Crippen LogP contribution in [0.15, 0.2) is 102 Å². The Bertz CT molecular complexity index is 1750. The zero-order valence-electron chi connectivity index (χ0n) is 33.5. The van der Waals surface area contributed by atoms with Crippen LogP contribution < -0.4 is 24.8 Å². The fourth-order valence-electron chi connectivity index (χ4n) is 9.48. The molecule has 0 aliphatic heterocycles. The van der Waals surface area contributed by atoms with Crippen molar-refractivity contribution < 1.29 is 49.0 Å². The van der Waals surface area contributed by atoms with E-state index in [0.717, 1.165) is 19.3 Å². The van der Waals surface area contributed by atoms with E-state index < -0.39 is 0 Å². The number of hydrogen-bond acceptors (Lipinski definition) is 0. The molecule has 3 aromatic carbocycles. The molecule has 0 aromatic heterocycles. The molecule has 0 radical (unpaired) electrons. The predicted molar refractivity (Wildman–Crippen MR) is 211 cm³/mol.